The number of fused-ring (bicyclic) bond motifs is 1. The molecule has 1 N–H and O–H groups in total. The van der Waals surface area contributed by atoms with Crippen LogP contribution >= 0.6 is 0 Å². The van der Waals surface area contributed by atoms with Gasteiger partial charge >= 0.3 is 0 Å². The van der Waals surface area contributed by atoms with Crippen LogP contribution in [0, 0.1) is 12.8 Å². The highest BCUT2D eigenvalue weighted by atomic mass is 16.2. The van der Waals surface area contributed by atoms with Gasteiger partial charge in [0.1, 0.15) is 5.69 Å². The van der Waals surface area contributed by atoms with Gasteiger partial charge in [-0.25, -0.2) is 0 Å². The monoisotopic (exact) mass is 345 g/mol. The minimum Gasteiger partial charge on any atom is -0.326 e. The van der Waals surface area contributed by atoms with Gasteiger partial charge in [-0.2, -0.15) is 5.10 Å². The summed E-state index contributed by atoms with van der Waals surface area (Å²) in [5, 5.41) is 7.52. The average Bonchev–Trinajstić information content (AvgIpc) is 3.16. The quantitative estimate of drug-likeness (QED) is 0.752. The smallest absolute Gasteiger partial charge is 0.273 e. The maximum absolute atomic E-state index is 13.1. The SMILES string of the molecule is Cc1ccc(-c2n[nH]c3c2C(c2ccccc2)N(CC(C)C)C3=O)cc1. The number of rotatable bonds is 4. The molecule has 0 saturated heterocycles. The van der Waals surface area contributed by atoms with Crippen molar-refractivity contribution in [1.82, 2.24) is 15.1 Å². The van der Waals surface area contributed by atoms with Gasteiger partial charge in [-0.05, 0) is 18.4 Å². The number of aryl methyl sites for hydroxylation is 1. The number of carbonyl (C=O) groups is 1. The maximum atomic E-state index is 13.1. The van der Waals surface area contributed by atoms with Crippen LogP contribution in [-0.4, -0.2) is 27.5 Å². The minimum absolute atomic E-state index is 0.0356. The Bertz CT molecular complexity index is 926. The number of amides is 1. The topological polar surface area (TPSA) is 49.0 Å². The molecule has 2 aromatic carbocycles. The van der Waals surface area contributed by atoms with Crippen LogP contribution in [0.3, 0.4) is 0 Å². The highest BCUT2D eigenvalue weighted by molar-refractivity contribution is 6.00. The molecule has 4 nitrogen and oxygen atoms in total. The van der Waals surface area contributed by atoms with Crippen molar-refractivity contribution in [2.75, 3.05) is 6.54 Å². The van der Waals surface area contributed by atoms with Crippen molar-refractivity contribution in [2.24, 2.45) is 5.92 Å². The van der Waals surface area contributed by atoms with E-state index >= 15 is 0 Å². The first-order valence-electron chi connectivity index (χ1n) is 9.07. The number of carbonyl (C=O) groups excluding carboxylic acids is 1. The Kier molecular flexibility index (Phi) is 4.11. The average molecular weight is 345 g/mol. The molecule has 1 aliphatic heterocycles. The lowest BCUT2D eigenvalue weighted by Gasteiger charge is -2.28. The molecule has 0 bridgehead atoms. The molecule has 26 heavy (non-hydrogen) atoms. The van der Waals surface area contributed by atoms with Crippen LogP contribution < -0.4 is 0 Å². The van der Waals surface area contributed by atoms with E-state index in [9.17, 15) is 4.79 Å². The molecule has 4 heteroatoms. The van der Waals surface area contributed by atoms with Gasteiger partial charge in [0.25, 0.3) is 5.91 Å². The van der Waals surface area contributed by atoms with Crippen LogP contribution in [-0.2, 0) is 0 Å². The summed E-state index contributed by atoms with van der Waals surface area (Å²) < 4.78 is 0. The Morgan fingerprint density at radius 1 is 1.08 bits per heavy atom. The second-order valence-electron chi connectivity index (χ2n) is 7.39. The van der Waals surface area contributed by atoms with Crippen molar-refractivity contribution >= 4 is 5.91 Å². The van der Waals surface area contributed by atoms with Gasteiger partial charge in [-0.1, -0.05) is 74.0 Å². The summed E-state index contributed by atoms with van der Waals surface area (Å²) in [7, 11) is 0. The molecule has 0 fully saturated rings. The summed E-state index contributed by atoms with van der Waals surface area (Å²) >= 11 is 0. The van der Waals surface area contributed by atoms with Crippen LogP contribution in [0.1, 0.15) is 47.1 Å². The van der Waals surface area contributed by atoms with E-state index in [0.29, 0.717) is 18.2 Å². The first kappa shape index (κ1) is 16.6. The largest absolute Gasteiger partial charge is 0.326 e. The Balaban J connectivity index is 1.87. The van der Waals surface area contributed by atoms with E-state index in [4.69, 9.17) is 0 Å². The molecule has 1 atom stereocenters. The Hall–Kier alpha value is -2.88. The predicted octanol–water partition coefficient (Wildman–Crippen LogP) is 4.59. The highest BCUT2D eigenvalue weighted by Crippen LogP contribution is 2.42. The Labute approximate surface area is 153 Å². The van der Waals surface area contributed by atoms with Crippen molar-refractivity contribution in [1.29, 1.82) is 0 Å². The molecule has 0 radical (unpaired) electrons. The van der Waals surface area contributed by atoms with Gasteiger partial charge < -0.3 is 4.90 Å². The third-order valence-corrected chi connectivity index (χ3v) is 4.87. The summed E-state index contributed by atoms with van der Waals surface area (Å²) in [6.45, 7) is 7.07. The van der Waals surface area contributed by atoms with Crippen molar-refractivity contribution in [3.05, 3.63) is 77.0 Å². The van der Waals surface area contributed by atoms with E-state index in [-0.39, 0.29) is 11.9 Å². The van der Waals surface area contributed by atoms with E-state index in [2.05, 4.69) is 67.4 Å². The molecule has 132 valence electrons. The Morgan fingerprint density at radius 3 is 2.42 bits per heavy atom. The zero-order valence-corrected chi connectivity index (χ0v) is 15.4. The van der Waals surface area contributed by atoms with Crippen molar-refractivity contribution < 1.29 is 4.79 Å². The number of nitrogens with one attached hydrogen (secondary N) is 1. The van der Waals surface area contributed by atoms with Gasteiger partial charge in [0.15, 0.2) is 0 Å². The predicted molar refractivity (Wildman–Crippen MR) is 103 cm³/mol. The number of H-pyrrole nitrogens is 1. The molecule has 4 rings (SSSR count). The number of benzene rings is 2. The lowest BCUT2D eigenvalue weighted by Crippen LogP contribution is -2.32. The third-order valence-electron chi connectivity index (χ3n) is 4.87. The molecular formula is C22H23N3O. The first-order valence-corrected chi connectivity index (χ1v) is 9.07. The second kappa shape index (κ2) is 6.45. The second-order valence-corrected chi connectivity index (χ2v) is 7.39. The molecule has 0 saturated carbocycles. The Morgan fingerprint density at radius 2 is 1.77 bits per heavy atom. The normalized spacial score (nSPS) is 16.4. The van der Waals surface area contributed by atoms with Gasteiger partial charge in [-0.15, -0.1) is 0 Å². The van der Waals surface area contributed by atoms with Crippen molar-refractivity contribution in [3.63, 3.8) is 0 Å². The fourth-order valence-corrected chi connectivity index (χ4v) is 3.69. The molecule has 3 aromatic rings. The summed E-state index contributed by atoms with van der Waals surface area (Å²) in [4.78, 5) is 15.0. The lowest BCUT2D eigenvalue weighted by atomic mass is 9.95. The summed E-state index contributed by atoms with van der Waals surface area (Å²) in [6.07, 6.45) is 0. The van der Waals surface area contributed by atoms with E-state index in [1.807, 2.05) is 23.1 Å². The standard InChI is InChI=1S/C22H23N3O/c1-14(2)13-25-21(17-7-5-4-6-8-17)18-19(23-24-20(18)22(25)26)16-11-9-15(3)10-12-16/h4-12,14,21H,13H2,1-3H3,(H,23,24). The molecule has 0 aliphatic carbocycles. The van der Waals surface area contributed by atoms with Crippen molar-refractivity contribution in [3.8, 4) is 11.3 Å². The van der Waals surface area contributed by atoms with Crippen LogP contribution in [0.25, 0.3) is 11.3 Å². The van der Waals surface area contributed by atoms with Gasteiger partial charge in [0.05, 0.1) is 11.7 Å². The summed E-state index contributed by atoms with van der Waals surface area (Å²) in [5.74, 6) is 0.429. The molecule has 2 heterocycles. The zero-order valence-electron chi connectivity index (χ0n) is 15.4. The minimum atomic E-state index is -0.101. The number of hydrogen-bond acceptors (Lipinski definition) is 2. The van der Waals surface area contributed by atoms with Crippen LogP contribution in [0.2, 0.25) is 0 Å². The molecule has 0 spiro atoms. The van der Waals surface area contributed by atoms with E-state index in [1.165, 1.54) is 5.56 Å². The third kappa shape index (κ3) is 2.71. The fraction of sp³-hybridized carbons (Fsp3) is 0.273. The number of aromatic amines is 1. The molecule has 1 aromatic heterocycles. The summed E-state index contributed by atoms with van der Waals surface area (Å²) in [5.41, 5.74) is 5.84. The van der Waals surface area contributed by atoms with E-state index in [1.54, 1.807) is 0 Å². The number of aromatic nitrogens is 2. The van der Waals surface area contributed by atoms with Gasteiger partial charge in [0, 0.05) is 17.7 Å². The van der Waals surface area contributed by atoms with Crippen molar-refractivity contribution in [2.45, 2.75) is 26.8 Å². The summed E-state index contributed by atoms with van der Waals surface area (Å²) in [6, 6.07) is 18.4. The fourth-order valence-electron chi connectivity index (χ4n) is 3.69. The number of nitrogens with zero attached hydrogens (tertiary/aromatic N) is 2. The zero-order chi connectivity index (χ0) is 18.3. The molecule has 1 aliphatic rings. The van der Waals surface area contributed by atoms with Gasteiger partial charge in [-0.3, -0.25) is 9.89 Å². The molecular weight excluding hydrogens is 322 g/mol. The lowest BCUT2D eigenvalue weighted by molar-refractivity contribution is 0.0722. The van der Waals surface area contributed by atoms with Gasteiger partial charge in [0.2, 0.25) is 0 Å². The molecule has 1 amide bonds. The van der Waals surface area contributed by atoms with E-state index < -0.39 is 0 Å². The molecule has 1 unspecified atom stereocenters. The van der Waals surface area contributed by atoms with Crippen LogP contribution in [0.15, 0.2) is 54.6 Å². The van der Waals surface area contributed by atoms with E-state index in [0.717, 1.165) is 22.4 Å². The highest BCUT2D eigenvalue weighted by Gasteiger charge is 2.42. The van der Waals surface area contributed by atoms with Crippen LogP contribution in [0.4, 0.5) is 0 Å². The van der Waals surface area contributed by atoms with Crippen LogP contribution in [0.5, 0.6) is 0 Å². The maximum Gasteiger partial charge on any atom is 0.273 e. The first-order chi connectivity index (χ1) is 12.6. The number of hydrogen-bond donors (Lipinski definition) is 1.